The smallest absolute Gasteiger partial charge is 0.226 e. The van der Waals surface area contributed by atoms with Gasteiger partial charge >= 0.3 is 0 Å². The van der Waals surface area contributed by atoms with Crippen molar-refractivity contribution in [3.05, 3.63) is 48.8 Å². The monoisotopic (exact) mass is 473 g/mol. The average molecular weight is 474 g/mol. The molecule has 2 aromatic heterocycles. The molecular formula is C27H35N7O. The fourth-order valence-electron chi connectivity index (χ4n) is 5.03. The van der Waals surface area contributed by atoms with Gasteiger partial charge in [0.05, 0.1) is 11.2 Å². The summed E-state index contributed by atoms with van der Waals surface area (Å²) in [5.74, 6) is 0.433. The molecule has 1 saturated carbocycles. The first kappa shape index (κ1) is 23.4. The molecule has 8 nitrogen and oxygen atoms in total. The van der Waals surface area contributed by atoms with E-state index in [0.717, 1.165) is 80.3 Å². The van der Waals surface area contributed by atoms with Crippen molar-refractivity contribution in [2.45, 2.75) is 20.3 Å². The highest BCUT2D eigenvalue weighted by molar-refractivity contribution is 5.93. The number of nitrogens with one attached hydrogen (secondary N) is 3. The highest BCUT2D eigenvalue weighted by Gasteiger charge is 2.46. The van der Waals surface area contributed by atoms with Crippen LogP contribution in [0.25, 0.3) is 16.6 Å². The van der Waals surface area contributed by atoms with Gasteiger partial charge in [-0.1, -0.05) is 19.1 Å². The zero-order chi connectivity index (χ0) is 24.4. The first-order valence-electron chi connectivity index (χ1n) is 12.7. The van der Waals surface area contributed by atoms with Crippen LogP contribution in [0.1, 0.15) is 20.3 Å². The third-order valence-electron chi connectivity index (χ3n) is 7.18. The minimum atomic E-state index is 0.0365. The molecule has 0 radical (unpaired) electrons. The van der Waals surface area contributed by atoms with Crippen molar-refractivity contribution in [2.75, 3.05) is 56.0 Å². The Bertz CT molecular complexity index is 1190. The van der Waals surface area contributed by atoms with E-state index in [4.69, 9.17) is 5.41 Å². The zero-order valence-electron chi connectivity index (χ0n) is 20.6. The number of amides is 1. The molecule has 184 valence electrons. The molecule has 1 amide bonds. The Hall–Kier alpha value is -3.39. The largest absolute Gasteiger partial charge is 0.384 e. The van der Waals surface area contributed by atoms with Gasteiger partial charge in [-0.3, -0.25) is 4.79 Å². The summed E-state index contributed by atoms with van der Waals surface area (Å²) in [6.07, 6.45) is 4.78. The highest BCUT2D eigenvalue weighted by Crippen LogP contribution is 2.41. The number of likely N-dealkylation sites (N-methyl/N-ethyl adjacent to an activating group) is 1. The van der Waals surface area contributed by atoms with Crippen LogP contribution < -0.4 is 15.5 Å². The molecule has 3 heterocycles. The Morgan fingerprint density at radius 3 is 2.51 bits per heavy atom. The summed E-state index contributed by atoms with van der Waals surface area (Å²) in [5, 5.41) is 19.1. The molecule has 35 heavy (non-hydrogen) atoms. The van der Waals surface area contributed by atoms with Crippen LogP contribution in [-0.4, -0.2) is 71.9 Å². The first-order valence-corrected chi connectivity index (χ1v) is 12.7. The van der Waals surface area contributed by atoms with Crippen LogP contribution in [0.5, 0.6) is 0 Å². The van der Waals surface area contributed by atoms with Gasteiger partial charge in [0.2, 0.25) is 5.91 Å². The summed E-state index contributed by atoms with van der Waals surface area (Å²) in [4.78, 5) is 17.1. The van der Waals surface area contributed by atoms with E-state index in [-0.39, 0.29) is 17.7 Å². The second-order valence-electron chi connectivity index (χ2n) is 9.58. The van der Waals surface area contributed by atoms with Gasteiger partial charge in [-0.05, 0) is 49.7 Å². The van der Waals surface area contributed by atoms with Crippen LogP contribution in [0.15, 0.2) is 48.8 Å². The van der Waals surface area contributed by atoms with Gasteiger partial charge in [-0.2, -0.15) is 5.10 Å². The number of aromatic nitrogens is 2. The Morgan fingerprint density at radius 1 is 1.06 bits per heavy atom. The van der Waals surface area contributed by atoms with E-state index < -0.39 is 0 Å². The number of fused-ring (bicyclic) bond motifs is 1. The molecule has 1 aromatic carbocycles. The fraction of sp³-hybridized carbons (Fsp3) is 0.444. The van der Waals surface area contributed by atoms with Crippen molar-refractivity contribution in [3.8, 4) is 11.1 Å². The number of carbonyl (C=O) groups excluding carboxylic acids is 1. The van der Waals surface area contributed by atoms with Gasteiger partial charge in [0, 0.05) is 80.5 Å². The molecule has 0 bridgehead atoms. The minimum Gasteiger partial charge on any atom is -0.384 e. The highest BCUT2D eigenvalue weighted by atomic mass is 16.2. The van der Waals surface area contributed by atoms with Crippen LogP contribution >= 0.6 is 0 Å². The number of nitrogens with zero attached hydrogens (tertiary/aromatic N) is 4. The van der Waals surface area contributed by atoms with Crippen molar-refractivity contribution in [2.24, 2.45) is 11.8 Å². The summed E-state index contributed by atoms with van der Waals surface area (Å²) in [7, 11) is 0. The lowest BCUT2D eigenvalue weighted by Crippen LogP contribution is -2.49. The normalized spacial score (nSPS) is 19.7. The number of piperazine rings is 1. The number of hydrogen-bond donors (Lipinski definition) is 3. The van der Waals surface area contributed by atoms with E-state index in [0.29, 0.717) is 5.71 Å². The van der Waals surface area contributed by atoms with Gasteiger partial charge in [0.15, 0.2) is 0 Å². The third-order valence-corrected chi connectivity index (χ3v) is 7.18. The second-order valence-corrected chi connectivity index (χ2v) is 9.58. The number of hydrogen-bond acceptors (Lipinski definition) is 6. The quantitative estimate of drug-likeness (QED) is 0.328. The van der Waals surface area contributed by atoms with Crippen molar-refractivity contribution in [1.82, 2.24) is 19.8 Å². The minimum absolute atomic E-state index is 0.0365. The van der Waals surface area contributed by atoms with Crippen LogP contribution in [-0.2, 0) is 4.79 Å². The third kappa shape index (κ3) is 5.03. The van der Waals surface area contributed by atoms with E-state index >= 15 is 0 Å². The predicted octanol–water partition coefficient (Wildman–Crippen LogP) is 3.35. The molecule has 8 heteroatoms. The number of carbonyl (C=O) groups is 1. The standard InChI is InChI=1S/C27H35N7O/c1-3-29-10-11-30-22-6-4-20(5-7-22)21-16-26-25(8-9-31-34(26)18-21)32-12-14-33(15-13-32)27(35)24-17-23(24)19(2)28/h4-9,16,18,23-24,28-30H,3,10-15,17H2,1-2H3/t23-,24+/m1/s1. The zero-order valence-corrected chi connectivity index (χ0v) is 20.6. The number of benzene rings is 1. The maximum atomic E-state index is 12.8. The van der Waals surface area contributed by atoms with Crippen molar-refractivity contribution in [1.29, 1.82) is 5.41 Å². The average Bonchev–Trinajstić information content (AvgIpc) is 3.58. The molecule has 0 spiro atoms. The van der Waals surface area contributed by atoms with Crippen molar-refractivity contribution >= 4 is 28.5 Å². The maximum Gasteiger partial charge on any atom is 0.226 e. The molecule has 3 aromatic rings. The van der Waals surface area contributed by atoms with Gasteiger partial charge in [-0.15, -0.1) is 0 Å². The molecule has 2 fully saturated rings. The Labute approximate surface area is 206 Å². The van der Waals surface area contributed by atoms with E-state index in [1.165, 1.54) is 0 Å². The molecule has 2 atom stereocenters. The maximum absolute atomic E-state index is 12.8. The Kier molecular flexibility index (Phi) is 6.72. The summed E-state index contributed by atoms with van der Waals surface area (Å²) >= 11 is 0. The fourth-order valence-corrected chi connectivity index (χ4v) is 5.03. The summed E-state index contributed by atoms with van der Waals surface area (Å²) in [6, 6.07) is 12.8. The molecular weight excluding hydrogens is 438 g/mol. The van der Waals surface area contributed by atoms with Crippen LogP contribution in [0, 0.1) is 17.2 Å². The Balaban J connectivity index is 1.25. The topological polar surface area (TPSA) is 88.8 Å². The number of anilines is 2. The molecule has 2 aliphatic rings. The lowest BCUT2D eigenvalue weighted by Gasteiger charge is -2.36. The van der Waals surface area contributed by atoms with Gasteiger partial charge < -0.3 is 25.8 Å². The van der Waals surface area contributed by atoms with Gasteiger partial charge in [0.1, 0.15) is 0 Å². The SMILES string of the molecule is CCNCCNc1ccc(-c2cc3c(N4CCN(C(=O)[C@H]5C[C@@H]5C(C)=N)CC4)ccnn3c2)cc1. The number of rotatable bonds is 9. The molecule has 3 N–H and O–H groups in total. The lowest BCUT2D eigenvalue weighted by atomic mass is 10.1. The second kappa shape index (κ2) is 10.1. The predicted molar refractivity (Wildman–Crippen MR) is 141 cm³/mol. The van der Waals surface area contributed by atoms with Crippen LogP contribution in [0.4, 0.5) is 11.4 Å². The van der Waals surface area contributed by atoms with Crippen molar-refractivity contribution < 1.29 is 4.79 Å². The molecule has 1 aliphatic carbocycles. The Morgan fingerprint density at radius 2 is 1.83 bits per heavy atom. The van der Waals surface area contributed by atoms with Gasteiger partial charge in [0.25, 0.3) is 0 Å². The molecule has 1 saturated heterocycles. The molecule has 0 unspecified atom stereocenters. The van der Waals surface area contributed by atoms with E-state index in [1.807, 2.05) is 22.5 Å². The summed E-state index contributed by atoms with van der Waals surface area (Å²) in [6.45, 7) is 9.83. The van der Waals surface area contributed by atoms with Gasteiger partial charge in [-0.25, -0.2) is 4.52 Å². The van der Waals surface area contributed by atoms with Crippen LogP contribution in [0.3, 0.4) is 0 Å². The first-order chi connectivity index (χ1) is 17.0. The summed E-state index contributed by atoms with van der Waals surface area (Å²) < 4.78 is 1.95. The van der Waals surface area contributed by atoms with E-state index in [9.17, 15) is 4.79 Å². The van der Waals surface area contributed by atoms with E-state index in [2.05, 4.69) is 70.2 Å². The lowest BCUT2D eigenvalue weighted by molar-refractivity contribution is -0.133. The van der Waals surface area contributed by atoms with E-state index in [1.54, 1.807) is 0 Å². The van der Waals surface area contributed by atoms with Crippen molar-refractivity contribution in [3.63, 3.8) is 0 Å². The van der Waals surface area contributed by atoms with Crippen LogP contribution in [0.2, 0.25) is 0 Å². The summed E-state index contributed by atoms with van der Waals surface area (Å²) in [5.41, 5.74) is 6.29. The molecule has 1 aliphatic heterocycles. The molecule has 5 rings (SSSR count).